The zero-order valence-corrected chi connectivity index (χ0v) is 13.0. The Morgan fingerprint density at radius 1 is 1.10 bits per heavy atom. The SMILES string of the molecule is CCCCCCOc1ccc(OC)cc1-c1cccs1. The summed E-state index contributed by atoms with van der Waals surface area (Å²) in [5, 5.41) is 2.08. The fraction of sp³-hybridized carbons (Fsp3) is 0.412. The molecule has 0 atom stereocenters. The average Bonchev–Trinajstić information content (AvgIpc) is 3.01. The van der Waals surface area contributed by atoms with Crippen LogP contribution in [0.25, 0.3) is 10.4 Å². The first-order chi connectivity index (χ1) is 9.85. The van der Waals surface area contributed by atoms with E-state index in [-0.39, 0.29) is 0 Å². The molecule has 2 rings (SSSR count). The third-order valence-electron chi connectivity index (χ3n) is 3.23. The summed E-state index contributed by atoms with van der Waals surface area (Å²) in [5.41, 5.74) is 1.12. The summed E-state index contributed by atoms with van der Waals surface area (Å²) in [5.74, 6) is 1.82. The smallest absolute Gasteiger partial charge is 0.128 e. The van der Waals surface area contributed by atoms with E-state index in [2.05, 4.69) is 24.4 Å². The normalized spacial score (nSPS) is 10.5. The molecular formula is C17H22O2S. The first-order valence-electron chi connectivity index (χ1n) is 7.20. The molecular weight excluding hydrogens is 268 g/mol. The molecule has 0 unspecified atom stereocenters. The zero-order chi connectivity index (χ0) is 14.2. The van der Waals surface area contributed by atoms with Crippen LogP contribution < -0.4 is 9.47 Å². The molecule has 0 aliphatic heterocycles. The van der Waals surface area contributed by atoms with Crippen LogP contribution in [0.1, 0.15) is 32.6 Å². The molecule has 2 aromatic rings. The summed E-state index contributed by atoms with van der Waals surface area (Å²) in [6, 6.07) is 10.2. The van der Waals surface area contributed by atoms with Crippen LogP contribution in [0.4, 0.5) is 0 Å². The van der Waals surface area contributed by atoms with Gasteiger partial charge >= 0.3 is 0 Å². The molecule has 1 aromatic heterocycles. The van der Waals surface area contributed by atoms with Crippen molar-refractivity contribution >= 4 is 11.3 Å². The first-order valence-corrected chi connectivity index (χ1v) is 8.08. The van der Waals surface area contributed by atoms with E-state index in [0.29, 0.717) is 0 Å². The average molecular weight is 290 g/mol. The van der Waals surface area contributed by atoms with Gasteiger partial charge in [0.15, 0.2) is 0 Å². The Kier molecular flexibility index (Phi) is 5.93. The molecule has 1 heterocycles. The molecule has 0 aliphatic carbocycles. The fourth-order valence-electron chi connectivity index (χ4n) is 2.10. The largest absolute Gasteiger partial charge is 0.497 e. The van der Waals surface area contributed by atoms with E-state index in [1.54, 1.807) is 18.4 Å². The van der Waals surface area contributed by atoms with Crippen molar-refractivity contribution in [3.63, 3.8) is 0 Å². The van der Waals surface area contributed by atoms with Gasteiger partial charge in [0.25, 0.3) is 0 Å². The number of thiophene rings is 1. The molecule has 0 saturated heterocycles. The predicted molar refractivity (Wildman–Crippen MR) is 85.9 cm³/mol. The van der Waals surface area contributed by atoms with Gasteiger partial charge in [-0.1, -0.05) is 32.3 Å². The zero-order valence-electron chi connectivity index (χ0n) is 12.2. The number of methoxy groups -OCH3 is 1. The highest BCUT2D eigenvalue weighted by Crippen LogP contribution is 2.36. The van der Waals surface area contributed by atoms with Gasteiger partial charge in [-0.15, -0.1) is 11.3 Å². The molecule has 0 bridgehead atoms. The van der Waals surface area contributed by atoms with Crippen LogP contribution in [0.15, 0.2) is 35.7 Å². The lowest BCUT2D eigenvalue weighted by Crippen LogP contribution is -1.99. The van der Waals surface area contributed by atoms with Gasteiger partial charge in [-0.05, 0) is 36.1 Å². The highest BCUT2D eigenvalue weighted by atomic mass is 32.1. The number of ether oxygens (including phenoxy) is 2. The topological polar surface area (TPSA) is 18.5 Å². The van der Waals surface area contributed by atoms with E-state index in [9.17, 15) is 0 Å². The minimum Gasteiger partial charge on any atom is -0.497 e. The van der Waals surface area contributed by atoms with Gasteiger partial charge in [0.1, 0.15) is 11.5 Å². The Bertz CT molecular complexity index is 506. The molecule has 0 saturated carbocycles. The van der Waals surface area contributed by atoms with Crippen LogP contribution in [-0.2, 0) is 0 Å². The van der Waals surface area contributed by atoms with Gasteiger partial charge in [-0.2, -0.15) is 0 Å². The highest BCUT2D eigenvalue weighted by molar-refractivity contribution is 7.13. The lowest BCUT2D eigenvalue weighted by molar-refractivity contribution is 0.305. The van der Waals surface area contributed by atoms with Crippen molar-refractivity contribution in [2.75, 3.05) is 13.7 Å². The van der Waals surface area contributed by atoms with Crippen molar-refractivity contribution in [1.29, 1.82) is 0 Å². The number of hydrogen-bond donors (Lipinski definition) is 0. The van der Waals surface area contributed by atoms with Crippen LogP contribution in [0.3, 0.4) is 0 Å². The van der Waals surface area contributed by atoms with Crippen molar-refractivity contribution in [3.8, 4) is 21.9 Å². The van der Waals surface area contributed by atoms with E-state index >= 15 is 0 Å². The van der Waals surface area contributed by atoms with Gasteiger partial charge < -0.3 is 9.47 Å². The number of benzene rings is 1. The van der Waals surface area contributed by atoms with E-state index in [4.69, 9.17) is 9.47 Å². The van der Waals surface area contributed by atoms with Gasteiger partial charge in [0, 0.05) is 10.4 Å². The third kappa shape index (κ3) is 4.01. The Hall–Kier alpha value is -1.48. The van der Waals surface area contributed by atoms with Gasteiger partial charge in [-0.3, -0.25) is 0 Å². The molecule has 0 aliphatic rings. The van der Waals surface area contributed by atoms with Crippen molar-refractivity contribution in [3.05, 3.63) is 35.7 Å². The summed E-state index contributed by atoms with van der Waals surface area (Å²) < 4.78 is 11.3. The lowest BCUT2D eigenvalue weighted by atomic mass is 10.1. The van der Waals surface area contributed by atoms with Gasteiger partial charge in [0.2, 0.25) is 0 Å². The number of unbranched alkanes of at least 4 members (excludes halogenated alkanes) is 3. The van der Waals surface area contributed by atoms with E-state index in [0.717, 1.165) is 30.1 Å². The summed E-state index contributed by atoms with van der Waals surface area (Å²) >= 11 is 1.72. The third-order valence-corrected chi connectivity index (χ3v) is 4.13. The molecule has 2 nitrogen and oxygen atoms in total. The minimum atomic E-state index is 0.782. The van der Waals surface area contributed by atoms with Gasteiger partial charge in [-0.25, -0.2) is 0 Å². The standard InChI is InChI=1S/C17H22O2S/c1-3-4-5-6-11-19-16-10-9-14(18-2)13-15(16)17-8-7-12-20-17/h7-10,12-13H,3-6,11H2,1-2H3. The lowest BCUT2D eigenvalue weighted by Gasteiger charge is -2.12. The van der Waals surface area contributed by atoms with Gasteiger partial charge in [0.05, 0.1) is 13.7 Å². The number of hydrogen-bond acceptors (Lipinski definition) is 3. The maximum atomic E-state index is 5.96. The Balaban J connectivity index is 2.07. The van der Waals surface area contributed by atoms with Crippen LogP contribution in [0.2, 0.25) is 0 Å². The monoisotopic (exact) mass is 290 g/mol. The maximum Gasteiger partial charge on any atom is 0.128 e. The molecule has 0 N–H and O–H groups in total. The molecule has 0 spiro atoms. The Morgan fingerprint density at radius 3 is 2.70 bits per heavy atom. The molecule has 0 amide bonds. The van der Waals surface area contributed by atoms with Crippen molar-refractivity contribution in [2.45, 2.75) is 32.6 Å². The fourth-order valence-corrected chi connectivity index (χ4v) is 2.84. The van der Waals surface area contributed by atoms with E-state index in [1.807, 2.05) is 18.2 Å². The second-order valence-electron chi connectivity index (χ2n) is 4.75. The Morgan fingerprint density at radius 2 is 2.00 bits per heavy atom. The van der Waals surface area contributed by atoms with Crippen LogP contribution in [-0.4, -0.2) is 13.7 Å². The quantitative estimate of drug-likeness (QED) is 0.607. The van der Waals surface area contributed by atoms with Crippen LogP contribution >= 0.6 is 11.3 Å². The second kappa shape index (κ2) is 7.95. The summed E-state index contributed by atoms with van der Waals surface area (Å²) in [6.07, 6.45) is 4.89. The van der Waals surface area contributed by atoms with Crippen molar-refractivity contribution < 1.29 is 9.47 Å². The number of rotatable bonds is 8. The Labute approximate surface area is 125 Å². The molecule has 3 heteroatoms. The second-order valence-corrected chi connectivity index (χ2v) is 5.70. The molecule has 0 radical (unpaired) electrons. The molecule has 1 aromatic carbocycles. The van der Waals surface area contributed by atoms with Crippen molar-refractivity contribution in [1.82, 2.24) is 0 Å². The first kappa shape index (κ1) is 14.9. The van der Waals surface area contributed by atoms with E-state index < -0.39 is 0 Å². The molecule has 0 fully saturated rings. The van der Waals surface area contributed by atoms with E-state index in [1.165, 1.54) is 24.1 Å². The van der Waals surface area contributed by atoms with Crippen molar-refractivity contribution in [2.24, 2.45) is 0 Å². The predicted octanol–water partition coefficient (Wildman–Crippen LogP) is 5.38. The molecule has 20 heavy (non-hydrogen) atoms. The highest BCUT2D eigenvalue weighted by Gasteiger charge is 2.09. The summed E-state index contributed by atoms with van der Waals surface area (Å²) in [4.78, 5) is 1.22. The summed E-state index contributed by atoms with van der Waals surface area (Å²) in [6.45, 7) is 3.00. The summed E-state index contributed by atoms with van der Waals surface area (Å²) in [7, 11) is 1.69. The van der Waals surface area contributed by atoms with Crippen LogP contribution in [0.5, 0.6) is 11.5 Å². The molecule has 108 valence electrons. The van der Waals surface area contributed by atoms with Crippen LogP contribution in [0, 0.1) is 0 Å². The maximum absolute atomic E-state index is 5.96. The minimum absolute atomic E-state index is 0.782.